The van der Waals surface area contributed by atoms with Gasteiger partial charge >= 0.3 is 0 Å². The van der Waals surface area contributed by atoms with E-state index in [1.807, 2.05) is 0 Å². The summed E-state index contributed by atoms with van der Waals surface area (Å²) in [5, 5.41) is 3.89. The zero-order valence-corrected chi connectivity index (χ0v) is 13.4. The van der Waals surface area contributed by atoms with E-state index in [2.05, 4.69) is 50.4 Å². The van der Waals surface area contributed by atoms with Crippen molar-refractivity contribution in [2.45, 2.75) is 39.3 Å². The van der Waals surface area contributed by atoms with Crippen LogP contribution in [0.5, 0.6) is 0 Å². The van der Waals surface area contributed by atoms with E-state index in [1.165, 1.54) is 17.2 Å². The van der Waals surface area contributed by atoms with Gasteiger partial charge in [-0.25, -0.2) is 4.39 Å². The molecular weight excluding hydrogens is 285 g/mol. The third-order valence-electron chi connectivity index (χ3n) is 3.71. The molecule has 0 aromatic heterocycles. The fourth-order valence-electron chi connectivity index (χ4n) is 2.23. The summed E-state index contributed by atoms with van der Waals surface area (Å²) >= 11 is 5.90. The first-order valence-electron chi connectivity index (χ1n) is 7.24. The highest BCUT2D eigenvalue weighted by atomic mass is 35.5. The maximum atomic E-state index is 13.7. The molecule has 21 heavy (non-hydrogen) atoms. The van der Waals surface area contributed by atoms with Gasteiger partial charge in [-0.15, -0.1) is 0 Å². The van der Waals surface area contributed by atoms with E-state index in [4.69, 9.17) is 11.6 Å². The summed E-state index contributed by atoms with van der Waals surface area (Å²) in [6.45, 7) is 6.89. The lowest BCUT2D eigenvalue weighted by Gasteiger charge is -2.16. The van der Waals surface area contributed by atoms with Crippen molar-refractivity contribution in [3.05, 3.63) is 70.0 Å². The summed E-state index contributed by atoms with van der Waals surface area (Å²) in [4.78, 5) is 0. The largest absolute Gasteiger partial charge is 0.306 e. The summed E-state index contributed by atoms with van der Waals surface area (Å²) in [5.74, 6) is 0.303. The second-order valence-corrected chi connectivity index (χ2v) is 6.10. The molecule has 0 aliphatic carbocycles. The molecule has 1 atom stereocenters. The minimum absolute atomic E-state index is 0.157. The van der Waals surface area contributed by atoms with Crippen LogP contribution >= 0.6 is 11.6 Å². The standard InChI is InChI=1S/C18H21ClFN/c1-12(2)14-4-6-15(7-5-14)13(3)21-11-16-10-17(19)8-9-18(16)20/h4-10,12-13,21H,11H2,1-3H3. The van der Waals surface area contributed by atoms with E-state index in [1.54, 1.807) is 12.1 Å². The van der Waals surface area contributed by atoms with E-state index in [0.717, 1.165) is 0 Å². The van der Waals surface area contributed by atoms with Crippen LogP contribution in [-0.4, -0.2) is 0 Å². The summed E-state index contributed by atoms with van der Waals surface area (Å²) in [7, 11) is 0. The number of hydrogen-bond acceptors (Lipinski definition) is 1. The molecule has 2 rings (SSSR count). The number of halogens is 2. The van der Waals surface area contributed by atoms with Gasteiger partial charge in [-0.05, 0) is 42.2 Å². The van der Waals surface area contributed by atoms with Crippen molar-refractivity contribution in [1.29, 1.82) is 0 Å². The van der Waals surface area contributed by atoms with Crippen molar-refractivity contribution in [2.75, 3.05) is 0 Å². The maximum absolute atomic E-state index is 13.7. The van der Waals surface area contributed by atoms with E-state index in [0.29, 0.717) is 23.0 Å². The molecule has 2 aromatic rings. The van der Waals surface area contributed by atoms with Crippen LogP contribution in [0.3, 0.4) is 0 Å². The molecule has 112 valence electrons. The van der Waals surface area contributed by atoms with E-state index in [9.17, 15) is 4.39 Å². The van der Waals surface area contributed by atoms with Crippen LogP contribution in [-0.2, 0) is 6.54 Å². The van der Waals surface area contributed by atoms with Crippen LogP contribution < -0.4 is 5.32 Å². The van der Waals surface area contributed by atoms with Crippen LogP contribution in [0.1, 0.15) is 49.4 Å². The second kappa shape index (κ2) is 7.06. The lowest BCUT2D eigenvalue weighted by Crippen LogP contribution is -2.18. The van der Waals surface area contributed by atoms with Crippen LogP contribution in [0.25, 0.3) is 0 Å². The van der Waals surface area contributed by atoms with Gasteiger partial charge in [0.05, 0.1) is 0 Å². The van der Waals surface area contributed by atoms with Crippen molar-refractivity contribution in [2.24, 2.45) is 0 Å². The Morgan fingerprint density at radius 3 is 2.24 bits per heavy atom. The number of rotatable bonds is 5. The Labute approximate surface area is 131 Å². The Morgan fingerprint density at radius 1 is 1.00 bits per heavy atom. The Morgan fingerprint density at radius 2 is 1.62 bits per heavy atom. The van der Waals surface area contributed by atoms with Gasteiger partial charge in [0, 0.05) is 23.2 Å². The van der Waals surface area contributed by atoms with Crippen molar-refractivity contribution in [3.8, 4) is 0 Å². The fraction of sp³-hybridized carbons (Fsp3) is 0.333. The summed E-state index contributed by atoms with van der Waals surface area (Å²) in [6.07, 6.45) is 0. The minimum Gasteiger partial charge on any atom is -0.306 e. The van der Waals surface area contributed by atoms with Gasteiger partial charge in [0.2, 0.25) is 0 Å². The van der Waals surface area contributed by atoms with E-state index in [-0.39, 0.29) is 11.9 Å². The van der Waals surface area contributed by atoms with Gasteiger partial charge in [0.15, 0.2) is 0 Å². The molecule has 0 fully saturated rings. The normalized spacial score (nSPS) is 12.7. The monoisotopic (exact) mass is 305 g/mol. The highest BCUT2D eigenvalue weighted by Crippen LogP contribution is 2.20. The Hall–Kier alpha value is -1.38. The van der Waals surface area contributed by atoms with Crippen molar-refractivity contribution >= 4 is 11.6 Å². The molecule has 0 bridgehead atoms. The molecule has 3 heteroatoms. The summed E-state index contributed by atoms with van der Waals surface area (Å²) < 4.78 is 13.7. The summed E-state index contributed by atoms with van der Waals surface area (Å²) in [6, 6.07) is 13.3. The molecule has 1 nitrogen and oxygen atoms in total. The first kappa shape index (κ1) is 16.0. The molecule has 0 amide bonds. The zero-order chi connectivity index (χ0) is 15.4. The van der Waals surface area contributed by atoms with Crippen LogP contribution in [0.15, 0.2) is 42.5 Å². The van der Waals surface area contributed by atoms with E-state index >= 15 is 0 Å². The molecular formula is C18H21ClFN. The smallest absolute Gasteiger partial charge is 0.127 e. The number of nitrogens with one attached hydrogen (secondary N) is 1. The number of benzene rings is 2. The Balaban J connectivity index is 2.01. The first-order valence-corrected chi connectivity index (χ1v) is 7.62. The average Bonchev–Trinajstić information content (AvgIpc) is 2.48. The average molecular weight is 306 g/mol. The molecule has 0 saturated heterocycles. The van der Waals surface area contributed by atoms with Gasteiger partial charge in [-0.2, -0.15) is 0 Å². The molecule has 1 unspecified atom stereocenters. The van der Waals surface area contributed by atoms with Gasteiger partial charge in [-0.1, -0.05) is 49.7 Å². The van der Waals surface area contributed by atoms with Gasteiger partial charge in [-0.3, -0.25) is 0 Å². The first-order chi connectivity index (χ1) is 9.97. The second-order valence-electron chi connectivity index (χ2n) is 5.66. The molecule has 0 aliphatic heterocycles. The van der Waals surface area contributed by atoms with E-state index < -0.39 is 0 Å². The predicted octanol–water partition coefficient (Wildman–Crippen LogP) is 5.45. The topological polar surface area (TPSA) is 12.0 Å². The molecule has 0 aliphatic rings. The molecule has 0 heterocycles. The fourth-order valence-corrected chi connectivity index (χ4v) is 2.42. The third kappa shape index (κ3) is 4.29. The molecule has 1 N–H and O–H groups in total. The van der Waals surface area contributed by atoms with Gasteiger partial charge in [0.25, 0.3) is 0 Å². The summed E-state index contributed by atoms with van der Waals surface area (Å²) in [5.41, 5.74) is 3.11. The molecule has 2 aromatic carbocycles. The van der Waals surface area contributed by atoms with Crippen molar-refractivity contribution in [3.63, 3.8) is 0 Å². The third-order valence-corrected chi connectivity index (χ3v) is 3.94. The number of hydrogen-bond donors (Lipinski definition) is 1. The highest BCUT2D eigenvalue weighted by molar-refractivity contribution is 6.30. The van der Waals surface area contributed by atoms with Crippen LogP contribution in [0.2, 0.25) is 5.02 Å². The van der Waals surface area contributed by atoms with Crippen molar-refractivity contribution in [1.82, 2.24) is 5.32 Å². The van der Waals surface area contributed by atoms with Crippen LogP contribution in [0, 0.1) is 5.82 Å². The van der Waals surface area contributed by atoms with Gasteiger partial charge in [0.1, 0.15) is 5.82 Å². The molecule has 0 spiro atoms. The SMILES string of the molecule is CC(C)c1ccc(C(C)NCc2cc(Cl)ccc2F)cc1. The molecule has 0 radical (unpaired) electrons. The minimum atomic E-state index is -0.228. The maximum Gasteiger partial charge on any atom is 0.127 e. The lowest BCUT2D eigenvalue weighted by molar-refractivity contribution is 0.544. The predicted molar refractivity (Wildman–Crippen MR) is 87.2 cm³/mol. The van der Waals surface area contributed by atoms with Crippen LogP contribution in [0.4, 0.5) is 4.39 Å². The van der Waals surface area contributed by atoms with Crippen molar-refractivity contribution < 1.29 is 4.39 Å². The quantitative estimate of drug-likeness (QED) is 0.774. The Bertz CT molecular complexity index is 593. The Kier molecular flexibility index (Phi) is 5.38. The lowest BCUT2D eigenvalue weighted by atomic mass is 9.99. The zero-order valence-electron chi connectivity index (χ0n) is 12.7. The molecule has 0 saturated carbocycles. The highest BCUT2D eigenvalue weighted by Gasteiger charge is 2.08. The van der Waals surface area contributed by atoms with Gasteiger partial charge < -0.3 is 5.32 Å².